The normalized spacial score (nSPS) is 12.2. The van der Waals surface area contributed by atoms with E-state index in [-0.39, 0.29) is 5.82 Å². The van der Waals surface area contributed by atoms with Gasteiger partial charge in [-0.25, -0.2) is 14.5 Å². The van der Waals surface area contributed by atoms with Crippen LogP contribution in [0.1, 0.15) is 28.9 Å². The molecule has 5 rings (SSSR count). The zero-order chi connectivity index (χ0) is 25.2. The maximum atomic E-state index is 12.0. The molecule has 3 aromatic heterocycles. The van der Waals surface area contributed by atoms with Gasteiger partial charge in [0, 0.05) is 28.7 Å². The summed E-state index contributed by atoms with van der Waals surface area (Å²) in [7, 11) is 1.34. The van der Waals surface area contributed by atoms with Crippen molar-refractivity contribution in [3.63, 3.8) is 0 Å². The standard InChI is InChI=1S/C25H24N6O4S/c1-15(35-23-12-17-10-16(25(32)33-2)4-5-20(17)29-24(23)26)19-13-21-18(14-28-31(21)8-9-34-36)11-22(19)30-7-3-6-27-30/h3-7,10-15,36H,8-9H2,1-2H3,(H2,26,29). The van der Waals surface area contributed by atoms with E-state index in [9.17, 15) is 4.79 Å². The Morgan fingerprint density at radius 3 is 2.78 bits per heavy atom. The van der Waals surface area contributed by atoms with Crippen LogP contribution in [0.15, 0.2) is 61.1 Å². The van der Waals surface area contributed by atoms with Crippen LogP contribution in [0.25, 0.3) is 27.5 Å². The first-order valence-electron chi connectivity index (χ1n) is 11.2. The van der Waals surface area contributed by atoms with Crippen LogP contribution in [0.5, 0.6) is 5.75 Å². The Labute approximate surface area is 212 Å². The lowest BCUT2D eigenvalue weighted by molar-refractivity contribution is 0.0601. The first kappa shape index (κ1) is 23.6. The number of ether oxygens (including phenoxy) is 2. The number of esters is 1. The number of carbonyl (C=O) groups excluding carboxylic acids is 1. The van der Waals surface area contributed by atoms with Crippen LogP contribution in [0.4, 0.5) is 5.82 Å². The summed E-state index contributed by atoms with van der Waals surface area (Å²) in [6, 6.07) is 12.8. The van der Waals surface area contributed by atoms with Crippen molar-refractivity contribution < 1.29 is 18.5 Å². The molecule has 0 radical (unpaired) electrons. The van der Waals surface area contributed by atoms with Gasteiger partial charge in [0.2, 0.25) is 0 Å². The smallest absolute Gasteiger partial charge is 0.337 e. The van der Waals surface area contributed by atoms with Crippen LogP contribution < -0.4 is 10.5 Å². The zero-order valence-corrected chi connectivity index (χ0v) is 20.6. The molecule has 0 bridgehead atoms. The van der Waals surface area contributed by atoms with Crippen LogP contribution >= 0.6 is 12.9 Å². The van der Waals surface area contributed by atoms with Crippen molar-refractivity contribution in [3.8, 4) is 11.4 Å². The fourth-order valence-corrected chi connectivity index (χ4v) is 4.22. The number of pyridine rings is 1. The fraction of sp³-hybridized carbons (Fsp3) is 0.200. The Balaban J connectivity index is 1.56. The molecule has 10 nitrogen and oxygen atoms in total. The molecule has 1 unspecified atom stereocenters. The van der Waals surface area contributed by atoms with E-state index in [0.717, 1.165) is 22.2 Å². The molecule has 3 heterocycles. The van der Waals surface area contributed by atoms with E-state index in [0.29, 0.717) is 35.4 Å². The predicted octanol–water partition coefficient (Wildman–Crippen LogP) is 4.14. The quantitative estimate of drug-likeness (QED) is 0.184. The lowest BCUT2D eigenvalue weighted by Crippen LogP contribution is -2.11. The second-order valence-corrected chi connectivity index (χ2v) is 8.41. The minimum absolute atomic E-state index is 0.248. The minimum atomic E-state index is -0.429. The van der Waals surface area contributed by atoms with Crippen LogP contribution in [-0.2, 0) is 15.5 Å². The third-order valence-corrected chi connectivity index (χ3v) is 6.09. The summed E-state index contributed by atoms with van der Waals surface area (Å²) < 4.78 is 19.7. The Bertz CT molecular complexity index is 1550. The molecule has 11 heteroatoms. The summed E-state index contributed by atoms with van der Waals surface area (Å²) in [6.07, 6.45) is 4.97. The zero-order valence-electron chi connectivity index (χ0n) is 19.7. The lowest BCUT2D eigenvalue weighted by atomic mass is 10.1. The number of methoxy groups -OCH3 is 1. The molecule has 36 heavy (non-hydrogen) atoms. The summed E-state index contributed by atoms with van der Waals surface area (Å²) in [4.78, 5) is 16.4. The Hall–Kier alpha value is -4.09. The molecule has 0 spiro atoms. The highest BCUT2D eigenvalue weighted by Crippen LogP contribution is 2.34. The largest absolute Gasteiger partial charge is 0.482 e. The van der Waals surface area contributed by atoms with Gasteiger partial charge in [0.05, 0.1) is 48.7 Å². The van der Waals surface area contributed by atoms with Crippen molar-refractivity contribution in [2.24, 2.45) is 0 Å². The molecular formula is C25H24N6O4S. The molecule has 2 aromatic carbocycles. The Morgan fingerprint density at radius 1 is 1.17 bits per heavy atom. The van der Waals surface area contributed by atoms with E-state index < -0.39 is 12.1 Å². The van der Waals surface area contributed by atoms with Gasteiger partial charge >= 0.3 is 5.97 Å². The molecule has 2 N–H and O–H groups in total. The molecule has 0 amide bonds. The molecule has 0 saturated heterocycles. The average Bonchev–Trinajstić information content (AvgIpc) is 3.56. The maximum Gasteiger partial charge on any atom is 0.337 e. The van der Waals surface area contributed by atoms with Crippen molar-refractivity contribution in [3.05, 3.63) is 72.2 Å². The van der Waals surface area contributed by atoms with Gasteiger partial charge in [0.15, 0.2) is 11.6 Å². The number of hydrogen-bond donors (Lipinski definition) is 2. The van der Waals surface area contributed by atoms with E-state index in [4.69, 9.17) is 19.4 Å². The third kappa shape index (κ3) is 4.45. The molecule has 184 valence electrons. The summed E-state index contributed by atoms with van der Waals surface area (Å²) in [5.74, 6) is 0.222. The topological polar surface area (TPSA) is 119 Å². The molecule has 0 aliphatic heterocycles. The number of rotatable bonds is 8. The van der Waals surface area contributed by atoms with Crippen molar-refractivity contribution in [2.45, 2.75) is 19.6 Å². The van der Waals surface area contributed by atoms with E-state index in [1.165, 1.54) is 7.11 Å². The highest BCUT2D eigenvalue weighted by atomic mass is 32.1. The molecular weight excluding hydrogens is 480 g/mol. The van der Waals surface area contributed by atoms with Crippen molar-refractivity contribution >= 4 is 46.5 Å². The number of nitrogens with two attached hydrogens (primary N) is 1. The monoisotopic (exact) mass is 504 g/mol. The highest BCUT2D eigenvalue weighted by Gasteiger charge is 2.19. The SMILES string of the molecule is COC(=O)c1ccc2nc(N)c(OC(C)c3cc4c(cnn4CCOS)cc3-n3cccn3)cc2c1. The molecule has 1 atom stereocenters. The highest BCUT2D eigenvalue weighted by molar-refractivity contribution is 7.75. The van der Waals surface area contributed by atoms with E-state index in [2.05, 4.69) is 28.1 Å². The second kappa shape index (κ2) is 9.88. The summed E-state index contributed by atoms with van der Waals surface area (Å²) in [5, 5.41) is 10.6. The number of aromatic nitrogens is 5. The van der Waals surface area contributed by atoms with Crippen LogP contribution in [0.2, 0.25) is 0 Å². The van der Waals surface area contributed by atoms with Crippen molar-refractivity contribution in [2.75, 3.05) is 19.5 Å². The van der Waals surface area contributed by atoms with Gasteiger partial charge in [0.1, 0.15) is 6.10 Å². The van der Waals surface area contributed by atoms with Gasteiger partial charge in [0.25, 0.3) is 0 Å². The predicted molar refractivity (Wildman–Crippen MR) is 138 cm³/mol. The Morgan fingerprint density at radius 2 is 2.03 bits per heavy atom. The van der Waals surface area contributed by atoms with Gasteiger partial charge in [-0.15, -0.1) is 0 Å². The van der Waals surface area contributed by atoms with Crippen molar-refractivity contribution in [1.29, 1.82) is 0 Å². The van der Waals surface area contributed by atoms with Crippen molar-refractivity contribution in [1.82, 2.24) is 24.5 Å². The molecule has 0 fully saturated rings. The number of benzene rings is 2. The van der Waals surface area contributed by atoms with Gasteiger partial charge in [-0.1, -0.05) is 0 Å². The number of thiol groups is 1. The number of fused-ring (bicyclic) bond motifs is 2. The number of nitrogen functional groups attached to an aromatic ring is 1. The fourth-order valence-electron chi connectivity index (χ4n) is 4.14. The van der Waals surface area contributed by atoms with E-state index in [1.807, 2.05) is 36.0 Å². The third-order valence-electron chi connectivity index (χ3n) is 5.91. The lowest BCUT2D eigenvalue weighted by Gasteiger charge is -2.20. The molecule has 0 saturated carbocycles. The van der Waals surface area contributed by atoms with Crippen LogP contribution in [0, 0.1) is 0 Å². The maximum absolute atomic E-state index is 12.0. The number of hydrogen-bond acceptors (Lipinski definition) is 9. The number of carbonyl (C=O) groups is 1. The first-order valence-corrected chi connectivity index (χ1v) is 11.6. The van der Waals surface area contributed by atoms with Crippen LogP contribution in [-0.4, -0.2) is 44.2 Å². The molecule has 0 aliphatic rings. The first-order chi connectivity index (χ1) is 17.5. The second-order valence-electron chi connectivity index (χ2n) is 8.15. The number of nitrogens with zero attached hydrogens (tertiary/aromatic N) is 5. The molecule has 0 aliphatic carbocycles. The van der Waals surface area contributed by atoms with Gasteiger partial charge < -0.3 is 19.4 Å². The minimum Gasteiger partial charge on any atom is -0.482 e. The number of anilines is 1. The summed E-state index contributed by atoms with van der Waals surface area (Å²) >= 11 is 3.83. The Kier molecular flexibility index (Phi) is 6.49. The molecule has 5 aromatic rings. The van der Waals surface area contributed by atoms with Gasteiger partial charge in [-0.05, 0) is 62.3 Å². The van der Waals surface area contributed by atoms with E-state index >= 15 is 0 Å². The summed E-state index contributed by atoms with van der Waals surface area (Å²) in [5.41, 5.74) is 9.96. The van der Waals surface area contributed by atoms with Crippen LogP contribution in [0.3, 0.4) is 0 Å². The van der Waals surface area contributed by atoms with Gasteiger partial charge in [-0.3, -0.25) is 4.68 Å². The summed E-state index contributed by atoms with van der Waals surface area (Å²) in [6.45, 7) is 2.89. The average molecular weight is 505 g/mol. The van der Waals surface area contributed by atoms with Gasteiger partial charge in [-0.2, -0.15) is 10.2 Å². The van der Waals surface area contributed by atoms with E-state index in [1.54, 1.807) is 41.3 Å².